The Hall–Kier alpha value is -2.36. The Morgan fingerprint density at radius 3 is 2.71 bits per heavy atom. The van der Waals surface area contributed by atoms with Gasteiger partial charge in [-0.05, 0) is 13.0 Å². The maximum Gasteiger partial charge on any atom is 0.422 e. The molecule has 0 fully saturated rings. The molecule has 0 saturated heterocycles. The first-order valence-corrected chi connectivity index (χ1v) is 7.71. The van der Waals surface area contributed by atoms with Gasteiger partial charge in [0.25, 0.3) is 0 Å². The van der Waals surface area contributed by atoms with Gasteiger partial charge >= 0.3 is 12.2 Å². The number of ether oxygens (including phenoxy) is 1. The molecule has 0 saturated carbocycles. The van der Waals surface area contributed by atoms with Gasteiger partial charge in [-0.25, -0.2) is 14.8 Å². The number of halogens is 3. The van der Waals surface area contributed by atoms with Crippen molar-refractivity contribution < 1.29 is 22.7 Å². The van der Waals surface area contributed by atoms with Gasteiger partial charge in [-0.3, -0.25) is 0 Å². The van der Waals surface area contributed by atoms with Gasteiger partial charge in [-0.15, -0.1) is 11.3 Å². The summed E-state index contributed by atoms with van der Waals surface area (Å²) >= 11 is 1.47. The number of alkyl halides is 3. The van der Waals surface area contributed by atoms with Crippen molar-refractivity contribution in [3.05, 3.63) is 40.0 Å². The lowest BCUT2D eigenvalue weighted by Crippen LogP contribution is -2.34. The first-order chi connectivity index (χ1) is 11.3. The van der Waals surface area contributed by atoms with Crippen LogP contribution in [-0.2, 0) is 13.1 Å². The molecule has 0 aliphatic carbocycles. The van der Waals surface area contributed by atoms with Crippen molar-refractivity contribution in [2.75, 3.05) is 6.61 Å². The molecule has 2 amide bonds. The van der Waals surface area contributed by atoms with Gasteiger partial charge in [0.15, 0.2) is 6.61 Å². The molecule has 2 aromatic heterocycles. The topological polar surface area (TPSA) is 76.1 Å². The Labute approximate surface area is 140 Å². The number of rotatable bonds is 6. The molecule has 0 bridgehead atoms. The van der Waals surface area contributed by atoms with E-state index in [0.717, 1.165) is 9.88 Å². The van der Waals surface area contributed by atoms with E-state index in [1.165, 1.54) is 23.6 Å². The Kier molecular flexibility index (Phi) is 5.96. The van der Waals surface area contributed by atoms with Crippen LogP contribution in [-0.4, -0.2) is 28.8 Å². The van der Waals surface area contributed by atoms with Gasteiger partial charge in [0.2, 0.25) is 5.88 Å². The van der Waals surface area contributed by atoms with Crippen LogP contribution in [0.25, 0.3) is 0 Å². The predicted molar refractivity (Wildman–Crippen MR) is 81.7 cm³/mol. The molecule has 10 heteroatoms. The van der Waals surface area contributed by atoms with E-state index in [4.69, 9.17) is 0 Å². The first kappa shape index (κ1) is 18.0. The molecule has 0 aliphatic rings. The number of aryl methyl sites for hydroxylation is 1. The van der Waals surface area contributed by atoms with Crippen LogP contribution in [0, 0.1) is 6.92 Å². The third-order valence-electron chi connectivity index (χ3n) is 2.75. The van der Waals surface area contributed by atoms with Crippen LogP contribution >= 0.6 is 11.3 Å². The number of urea groups is 1. The molecule has 2 N–H and O–H groups in total. The largest absolute Gasteiger partial charge is 0.468 e. The smallest absolute Gasteiger partial charge is 0.422 e. The predicted octanol–water partition coefficient (Wildman–Crippen LogP) is 2.79. The quantitative estimate of drug-likeness (QED) is 0.831. The Balaban J connectivity index is 1.83. The molecule has 6 nitrogen and oxygen atoms in total. The lowest BCUT2D eigenvalue weighted by atomic mass is 10.2. The van der Waals surface area contributed by atoms with Crippen molar-refractivity contribution >= 4 is 17.4 Å². The van der Waals surface area contributed by atoms with Crippen molar-refractivity contribution in [1.82, 2.24) is 20.6 Å². The van der Waals surface area contributed by atoms with E-state index in [1.807, 2.05) is 6.92 Å². The second kappa shape index (κ2) is 7.95. The highest BCUT2D eigenvalue weighted by Crippen LogP contribution is 2.19. The average Bonchev–Trinajstić information content (AvgIpc) is 2.94. The molecule has 2 heterocycles. The fraction of sp³-hybridized carbons (Fsp3) is 0.357. The normalized spacial score (nSPS) is 11.2. The summed E-state index contributed by atoms with van der Waals surface area (Å²) in [5, 5.41) is 6.08. The summed E-state index contributed by atoms with van der Waals surface area (Å²) in [5.74, 6) is -0.159. The summed E-state index contributed by atoms with van der Waals surface area (Å²) in [7, 11) is 0. The van der Waals surface area contributed by atoms with E-state index >= 15 is 0 Å². The van der Waals surface area contributed by atoms with Crippen LogP contribution in [0.4, 0.5) is 18.0 Å². The van der Waals surface area contributed by atoms with Crippen LogP contribution in [0.15, 0.2) is 24.5 Å². The Morgan fingerprint density at radius 1 is 1.29 bits per heavy atom. The lowest BCUT2D eigenvalue weighted by Gasteiger charge is -2.12. The highest BCUT2D eigenvalue weighted by molar-refractivity contribution is 7.11. The fourth-order valence-electron chi connectivity index (χ4n) is 1.73. The molecule has 130 valence electrons. The second-order valence-corrected chi connectivity index (χ2v) is 6.07. The third kappa shape index (κ3) is 6.03. The summed E-state index contributed by atoms with van der Waals surface area (Å²) in [6.45, 7) is 0.740. The Morgan fingerprint density at radius 2 is 2.04 bits per heavy atom. The van der Waals surface area contributed by atoms with Gasteiger partial charge in [-0.2, -0.15) is 13.2 Å². The molecule has 0 spiro atoms. The van der Waals surface area contributed by atoms with Crippen molar-refractivity contribution in [3.8, 4) is 5.88 Å². The van der Waals surface area contributed by atoms with Crippen LogP contribution < -0.4 is 15.4 Å². The molecular formula is C14H15F3N4O2S. The average molecular weight is 360 g/mol. The summed E-state index contributed by atoms with van der Waals surface area (Å²) in [4.78, 5) is 20.5. The van der Waals surface area contributed by atoms with E-state index in [0.29, 0.717) is 12.1 Å². The van der Waals surface area contributed by atoms with E-state index in [-0.39, 0.29) is 12.4 Å². The minimum Gasteiger partial charge on any atom is -0.468 e. The number of nitrogens with zero attached hydrogens (tertiary/aromatic N) is 2. The zero-order valence-electron chi connectivity index (χ0n) is 12.7. The number of amides is 2. The summed E-state index contributed by atoms with van der Waals surface area (Å²) < 4.78 is 41.3. The number of nitrogens with one attached hydrogen (secondary N) is 2. The highest BCUT2D eigenvalue weighted by atomic mass is 32.1. The standard InChI is InChI=1S/C14H15F3N4O2S/c1-9-19-6-11(24-9)7-21-13(22)20-5-10-3-2-4-18-12(10)23-8-14(15,16)17/h2-4,6H,5,7-8H2,1H3,(H2,20,21,22). The summed E-state index contributed by atoms with van der Waals surface area (Å²) in [6.07, 6.45) is -1.46. The number of pyridine rings is 1. The number of hydrogen-bond acceptors (Lipinski definition) is 5. The summed E-state index contributed by atoms with van der Waals surface area (Å²) in [6, 6.07) is 2.63. The second-order valence-electron chi connectivity index (χ2n) is 4.75. The zero-order valence-corrected chi connectivity index (χ0v) is 13.5. The van der Waals surface area contributed by atoms with Crippen LogP contribution in [0.1, 0.15) is 15.4 Å². The summed E-state index contributed by atoms with van der Waals surface area (Å²) in [5.41, 5.74) is 0.352. The van der Waals surface area contributed by atoms with E-state index in [2.05, 4.69) is 25.3 Å². The maximum atomic E-state index is 12.2. The molecule has 0 aliphatic heterocycles. The van der Waals surface area contributed by atoms with E-state index in [9.17, 15) is 18.0 Å². The lowest BCUT2D eigenvalue weighted by molar-refractivity contribution is -0.154. The van der Waals surface area contributed by atoms with Gasteiger partial charge in [0.1, 0.15) is 0 Å². The van der Waals surface area contributed by atoms with Crippen molar-refractivity contribution in [1.29, 1.82) is 0 Å². The molecule has 0 atom stereocenters. The molecule has 2 aromatic rings. The molecule has 0 unspecified atom stereocenters. The zero-order chi connectivity index (χ0) is 17.6. The molecule has 0 radical (unpaired) electrons. The van der Waals surface area contributed by atoms with Crippen LogP contribution in [0.5, 0.6) is 5.88 Å². The van der Waals surface area contributed by atoms with Crippen LogP contribution in [0.2, 0.25) is 0 Å². The third-order valence-corrected chi connectivity index (χ3v) is 3.67. The van der Waals surface area contributed by atoms with Crippen molar-refractivity contribution in [3.63, 3.8) is 0 Å². The highest BCUT2D eigenvalue weighted by Gasteiger charge is 2.29. The number of carbonyl (C=O) groups excluding carboxylic acids is 1. The number of hydrogen-bond donors (Lipinski definition) is 2. The number of aromatic nitrogens is 2. The fourth-order valence-corrected chi connectivity index (χ4v) is 2.47. The van der Waals surface area contributed by atoms with E-state index in [1.54, 1.807) is 12.3 Å². The van der Waals surface area contributed by atoms with Gasteiger partial charge in [0.05, 0.1) is 11.6 Å². The van der Waals surface area contributed by atoms with Gasteiger partial charge in [-0.1, -0.05) is 6.07 Å². The molecule has 2 rings (SSSR count). The molecular weight excluding hydrogens is 345 g/mol. The Bertz CT molecular complexity index is 691. The van der Waals surface area contributed by atoms with Gasteiger partial charge < -0.3 is 15.4 Å². The molecule has 0 aromatic carbocycles. The molecule has 24 heavy (non-hydrogen) atoms. The van der Waals surface area contributed by atoms with E-state index < -0.39 is 18.8 Å². The van der Waals surface area contributed by atoms with Crippen molar-refractivity contribution in [2.24, 2.45) is 0 Å². The SMILES string of the molecule is Cc1ncc(CNC(=O)NCc2cccnc2OCC(F)(F)F)s1. The van der Waals surface area contributed by atoms with Crippen molar-refractivity contribution in [2.45, 2.75) is 26.2 Å². The maximum absolute atomic E-state index is 12.2. The first-order valence-electron chi connectivity index (χ1n) is 6.90. The number of thiazole rings is 1. The van der Waals surface area contributed by atoms with Crippen LogP contribution in [0.3, 0.4) is 0 Å². The minimum absolute atomic E-state index is 0.00537. The minimum atomic E-state index is -4.45. The number of carbonyl (C=O) groups is 1. The monoisotopic (exact) mass is 360 g/mol. The van der Waals surface area contributed by atoms with Gasteiger partial charge in [0, 0.05) is 29.4 Å².